The maximum absolute atomic E-state index is 13.9. The first-order valence-corrected chi connectivity index (χ1v) is 21.3. The van der Waals surface area contributed by atoms with Crippen LogP contribution < -0.4 is 19.7 Å². The number of rotatable bonds is 12. The van der Waals surface area contributed by atoms with E-state index in [0.29, 0.717) is 49.3 Å². The molecule has 2 saturated heterocycles. The summed E-state index contributed by atoms with van der Waals surface area (Å²) in [5.41, 5.74) is 4.25. The Kier molecular flexibility index (Phi) is 11.8. The van der Waals surface area contributed by atoms with E-state index in [0.717, 1.165) is 48.8 Å². The van der Waals surface area contributed by atoms with Gasteiger partial charge in [-0.2, -0.15) is 0 Å². The molecule has 1 atom stereocenters. The van der Waals surface area contributed by atoms with Gasteiger partial charge in [0, 0.05) is 73.6 Å². The first-order chi connectivity index (χ1) is 28.8. The second-order valence-electron chi connectivity index (χ2n) is 15.4. The molecule has 3 aliphatic heterocycles. The molecular weight excluding hydrogens is 814 g/mol. The monoisotopic (exact) mass is 857 g/mol. The number of nitrogens with one attached hydrogen (secondary N) is 3. The van der Waals surface area contributed by atoms with Gasteiger partial charge < -0.3 is 34.1 Å². The van der Waals surface area contributed by atoms with Crippen molar-refractivity contribution in [3.05, 3.63) is 117 Å². The molecule has 0 saturated carbocycles. The number of nitro benzene ring substituents is 1. The van der Waals surface area contributed by atoms with E-state index in [1.807, 2.05) is 18.2 Å². The Hall–Kier alpha value is -5.56. The fourth-order valence-electron chi connectivity index (χ4n) is 7.52. The zero-order valence-electron chi connectivity index (χ0n) is 33.0. The number of nitro groups is 1. The van der Waals surface area contributed by atoms with Crippen LogP contribution in [0.1, 0.15) is 36.2 Å². The number of pyridine rings is 1. The van der Waals surface area contributed by atoms with E-state index in [9.17, 15) is 23.3 Å². The van der Waals surface area contributed by atoms with Crippen molar-refractivity contribution < 1.29 is 37.1 Å². The van der Waals surface area contributed by atoms with Gasteiger partial charge in [-0.05, 0) is 79.1 Å². The molecule has 1 unspecified atom stereocenters. The average molecular weight is 858 g/mol. The maximum atomic E-state index is 13.9. The molecule has 0 spiro atoms. The molecule has 0 radical (unpaired) electrons. The zero-order valence-corrected chi connectivity index (χ0v) is 34.6. The minimum atomic E-state index is -4.60. The summed E-state index contributed by atoms with van der Waals surface area (Å²) in [4.78, 5) is 36.7. The van der Waals surface area contributed by atoms with Crippen molar-refractivity contribution in [1.82, 2.24) is 19.6 Å². The summed E-state index contributed by atoms with van der Waals surface area (Å²) in [7, 11) is -4.60. The summed E-state index contributed by atoms with van der Waals surface area (Å²) >= 11 is 6.21. The van der Waals surface area contributed by atoms with Crippen molar-refractivity contribution in [1.29, 1.82) is 0 Å². The minimum absolute atomic E-state index is 0.0349. The molecule has 0 bridgehead atoms. The van der Waals surface area contributed by atoms with Crippen LogP contribution >= 0.6 is 11.6 Å². The summed E-state index contributed by atoms with van der Waals surface area (Å²) in [6.45, 7) is 9.22. The van der Waals surface area contributed by atoms with Crippen LogP contribution in [-0.2, 0) is 24.2 Å². The molecule has 3 aromatic carbocycles. The zero-order chi connectivity index (χ0) is 42.0. The van der Waals surface area contributed by atoms with Crippen molar-refractivity contribution in [3.8, 4) is 11.5 Å². The van der Waals surface area contributed by atoms with Crippen LogP contribution in [0.15, 0.2) is 95.7 Å². The fraction of sp³-hybridized carbons (Fsp3) is 0.333. The number of halogens is 1. The second kappa shape index (κ2) is 17.2. The molecule has 2 fully saturated rings. The Labute approximate surface area is 351 Å². The van der Waals surface area contributed by atoms with Crippen molar-refractivity contribution >= 4 is 61.2 Å². The van der Waals surface area contributed by atoms with Crippen LogP contribution in [0.3, 0.4) is 0 Å². The number of H-pyrrole nitrogens is 1. The number of aromatic amines is 1. The Morgan fingerprint density at radius 3 is 2.60 bits per heavy atom. The van der Waals surface area contributed by atoms with E-state index in [2.05, 4.69) is 55.8 Å². The number of piperazine rings is 1. The molecule has 8 rings (SSSR count). The van der Waals surface area contributed by atoms with Crippen LogP contribution in [-0.4, -0.2) is 105 Å². The first-order valence-electron chi connectivity index (χ1n) is 19.4. The number of aromatic nitrogens is 2. The Morgan fingerprint density at radius 2 is 1.85 bits per heavy atom. The molecule has 3 N–H and O–H groups in total. The number of fused-ring (bicyclic) bond motifs is 1. The van der Waals surface area contributed by atoms with Gasteiger partial charge in [0.15, 0.2) is 6.23 Å². The number of benzene rings is 3. The Bertz CT molecular complexity index is 2550. The summed E-state index contributed by atoms with van der Waals surface area (Å²) in [5.74, 6) is -0.564. The number of hydrogen-bond donors (Lipinski definition) is 3. The van der Waals surface area contributed by atoms with Crippen LogP contribution in [0.2, 0.25) is 5.02 Å². The number of sulfonamides is 1. The molecule has 3 aliphatic rings. The first kappa shape index (κ1) is 41.2. The standard InChI is InChI=1S/C42H44ClN7O9S/c1-42(2)22-35(27-3-5-30(43)6-4-27)29(25-58-42)24-48-13-15-49(16-14-48)31-7-9-34(38(20-31)59-32-19-28-11-12-44-40(28)45-23-32)41(51)47-60(54,55)33-8-10-36(37(21-33)50(52)53)46-39-26-56-17-18-57-39/h3-12,19-21,23,39,46H,13-18,22,24-26H2,1-2H3,(H,44,45)(H,47,51). The lowest BCUT2D eigenvalue weighted by Gasteiger charge is -2.39. The average Bonchev–Trinajstić information content (AvgIpc) is 3.70. The van der Waals surface area contributed by atoms with Gasteiger partial charge in [0.05, 0.1) is 53.6 Å². The Morgan fingerprint density at radius 1 is 1.05 bits per heavy atom. The SMILES string of the molecule is CC1(C)CC(c2ccc(Cl)cc2)=C(CN2CCN(c3ccc(C(=O)NS(=O)(=O)c4ccc(NC5COCCO5)c([N+](=O)[O-])c4)c(Oc4cnc5[nH]ccc5c4)c3)CC2)CO1. The topological polar surface area (TPSA) is 190 Å². The number of carbonyl (C=O) groups excluding carboxylic acids is 1. The quantitative estimate of drug-likeness (QED) is 0.0900. The third-order valence-corrected chi connectivity index (χ3v) is 12.2. The van der Waals surface area contributed by atoms with Crippen LogP contribution in [0.5, 0.6) is 11.5 Å². The number of ether oxygens (including phenoxy) is 4. The third-order valence-electron chi connectivity index (χ3n) is 10.7. The molecule has 5 aromatic rings. The van der Waals surface area contributed by atoms with Crippen molar-refractivity contribution in [2.24, 2.45) is 0 Å². The molecule has 2 aromatic heterocycles. The van der Waals surface area contributed by atoms with Gasteiger partial charge in [0.2, 0.25) is 0 Å². The largest absolute Gasteiger partial charge is 0.455 e. The van der Waals surface area contributed by atoms with Gasteiger partial charge in [-0.25, -0.2) is 18.1 Å². The Balaban J connectivity index is 1.01. The molecule has 5 heterocycles. The van der Waals surface area contributed by atoms with Gasteiger partial charge >= 0.3 is 0 Å². The van der Waals surface area contributed by atoms with Crippen molar-refractivity contribution in [3.63, 3.8) is 0 Å². The summed E-state index contributed by atoms with van der Waals surface area (Å²) in [6, 6.07) is 19.8. The lowest BCUT2D eigenvalue weighted by atomic mass is 9.87. The van der Waals surface area contributed by atoms with Crippen LogP contribution in [0.25, 0.3) is 16.6 Å². The molecule has 60 heavy (non-hydrogen) atoms. The second-order valence-corrected chi connectivity index (χ2v) is 17.5. The van der Waals surface area contributed by atoms with Crippen LogP contribution in [0.4, 0.5) is 17.1 Å². The predicted octanol–water partition coefficient (Wildman–Crippen LogP) is 6.60. The number of anilines is 2. The van der Waals surface area contributed by atoms with E-state index in [1.165, 1.54) is 35.5 Å². The maximum Gasteiger partial charge on any atom is 0.293 e. The van der Waals surface area contributed by atoms with E-state index in [1.54, 1.807) is 24.4 Å². The van der Waals surface area contributed by atoms with E-state index < -0.39 is 37.7 Å². The lowest BCUT2D eigenvalue weighted by Crippen LogP contribution is -2.47. The highest BCUT2D eigenvalue weighted by atomic mass is 35.5. The number of carbonyl (C=O) groups is 1. The highest BCUT2D eigenvalue weighted by Gasteiger charge is 2.31. The predicted molar refractivity (Wildman–Crippen MR) is 226 cm³/mol. The fourth-order valence-corrected chi connectivity index (χ4v) is 8.63. The third kappa shape index (κ3) is 9.41. The van der Waals surface area contributed by atoms with E-state index >= 15 is 0 Å². The summed E-state index contributed by atoms with van der Waals surface area (Å²) in [6.07, 6.45) is 3.38. The van der Waals surface area contributed by atoms with Gasteiger partial charge in [0.25, 0.3) is 21.6 Å². The molecule has 16 nitrogen and oxygen atoms in total. The number of amides is 1. The smallest absolute Gasteiger partial charge is 0.293 e. The number of hydrogen-bond acceptors (Lipinski definition) is 13. The molecule has 314 valence electrons. The van der Waals surface area contributed by atoms with E-state index in [4.69, 9.17) is 30.5 Å². The highest BCUT2D eigenvalue weighted by molar-refractivity contribution is 7.90. The van der Waals surface area contributed by atoms with Gasteiger partial charge in [-0.3, -0.25) is 19.8 Å². The van der Waals surface area contributed by atoms with Crippen LogP contribution in [0, 0.1) is 10.1 Å². The summed E-state index contributed by atoms with van der Waals surface area (Å²) < 4.78 is 52.7. The van der Waals surface area contributed by atoms with Gasteiger partial charge in [-0.15, -0.1) is 0 Å². The van der Waals surface area contributed by atoms with Gasteiger partial charge in [0.1, 0.15) is 22.8 Å². The molecule has 1 amide bonds. The molecule has 18 heteroatoms. The number of nitrogens with zero attached hydrogens (tertiary/aromatic N) is 4. The lowest BCUT2D eigenvalue weighted by molar-refractivity contribution is -0.384. The normalized spacial score (nSPS) is 18.6. The van der Waals surface area contributed by atoms with Gasteiger partial charge in [-0.1, -0.05) is 23.7 Å². The van der Waals surface area contributed by atoms with E-state index in [-0.39, 0.29) is 29.2 Å². The molecule has 0 aliphatic carbocycles. The highest BCUT2D eigenvalue weighted by Crippen LogP contribution is 2.37. The molecular formula is C42H44ClN7O9S. The minimum Gasteiger partial charge on any atom is -0.455 e. The van der Waals surface area contributed by atoms with Crippen molar-refractivity contribution in [2.75, 3.05) is 69.4 Å². The summed E-state index contributed by atoms with van der Waals surface area (Å²) in [5, 5.41) is 16.3. The van der Waals surface area contributed by atoms with Crippen molar-refractivity contribution in [2.45, 2.75) is 37.0 Å².